The van der Waals surface area contributed by atoms with Gasteiger partial charge in [-0.3, -0.25) is 0 Å². The molecular weight excluding hydrogens is 210 g/mol. The summed E-state index contributed by atoms with van der Waals surface area (Å²) in [4.78, 5) is 0. The number of hydrogen-bond donors (Lipinski definition) is 1. The van der Waals surface area contributed by atoms with Crippen LogP contribution in [-0.4, -0.2) is 19.8 Å². The molecule has 2 nitrogen and oxygen atoms in total. The monoisotopic (exact) mass is 233 g/mol. The highest BCUT2D eigenvalue weighted by molar-refractivity contribution is 5.27. The Labute approximate surface area is 104 Å². The van der Waals surface area contributed by atoms with Crippen LogP contribution >= 0.6 is 0 Å². The molecule has 1 aliphatic heterocycles. The van der Waals surface area contributed by atoms with Crippen LogP contribution in [0.1, 0.15) is 43.2 Å². The summed E-state index contributed by atoms with van der Waals surface area (Å²) >= 11 is 0. The second kappa shape index (κ2) is 5.65. The third kappa shape index (κ3) is 3.08. The molecule has 0 saturated carbocycles. The van der Waals surface area contributed by atoms with Crippen molar-refractivity contribution in [2.24, 2.45) is 11.7 Å². The van der Waals surface area contributed by atoms with Gasteiger partial charge in [-0.05, 0) is 35.9 Å². The first-order chi connectivity index (χ1) is 8.20. The van der Waals surface area contributed by atoms with E-state index in [-0.39, 0.29) is 0 Å². The van der Waals surface area contributed by atoms with Crippen LogP contribution in [0.3, 0.4) is 0 Å². The lowest BCUT2D eigenvalue weighted by Gasteiger charge is -2.29. The maximum atomic E-state index is 5.89. The Kier molecular flexibility index (Phi) is 4.19. The predicted octanol–water partition coefficient (Wildman–Crippen LogP) is 2.89. The Morgan fingerprint density at radius 2 is 1.76 bits per heavy atom. The Morgan fingerprint density at radius 3 is 2.18 bits per heavy atom. The summed E-state index contributed by atoms with van der Waals surface area (Å²) in [7, 11) is 0. The van der Waals surface area contributed by atoms with Gasteiger partial charge >= 0.3 is 0 Å². The SMILES string of the molecule is CC(C)c1ccc(C(CN)CC2COC2)cc1. The topological polar surface area (TPSA) is 35.2 Å². The zero-order valence-electron chi connectivity index (χ0n) is 10.9. The fourth-order valence-electron chi connectivity index (χ4n) is 2.34. The van der Waals surface area contributed by atoms with Crippen molar-refractivity contribution in [2.45, 2.75) is 32.1 Å². The van der Waals surface area contributed by atoms with Crippen LogP contribution in [0, 0.1) is 5.92 Å². The minimum atomic E-state index is 0.491. The van der Waals surface area contributed by atoms with E-state index in [1.807, 2.05) is 0 Å². The Hall–Kier alpha value is -0.860. The normalized spacial score (nSPS) is 18.1. The summed E-state index contributed by atoms with van der Waals surface area (Å²) < 4.78 is 5.23. The average Bonchev–Trinajstić information content (AvgIpc) is 2.28. The molecule has 1 unspecified atom stereocenters. The van der Waals surface area contributed by atoms with E-state index in [1.165, 1.54) is 11.1 Å². The van der Waals surface area contributed by atoms with Gasteiger partial charge in [-0.1, -0.05) is 38.1 Å². The lowest BCUT2D eigenvalue weighted by molar-refractivity contribution is -0.0382. The number of benzene rings is 1. The molecule has 1 heterocycles. The fraction of sp³-hybridized carbons (Fsp3) is 0.600. The van der Waals surface area contributed by atoms with Gasteiger partial charge in [0.2, 0.25) is 0 Å². The van der Waals surface area contributed by atoms with Crippen LogP contribution in [0.25, 0.3) is 0 Å². The maximum absolute atomic E-state index is 5.89. The van der Waals surface area contributed by atoms with Gasteiger partial charge in [-0.25, -0.2) is 0 Å². The predicted molar refractivity (Wildman–Crippen MR) is 71.3 cm³/mol. The molecule has 2 heteroatoms. The van der Waals surface area contributed by atoms with Gasteiger partial charge in [0.05, 0.1) is 13.2 Å². The molecule has 1 aromatic rings. The minimum absolute atomic E-state index is 0.491. The van der Waals surface area contributed by atoms with Crippen molar-refractivity contribution in [1.29, 1.82) is 0 Å². The van der Waals surface area contributed by atoms with E-state index < -0.39 is 0 Å². The summed E-state index contributed by atoms with van der Waals surface area (Å²) in [6, 6.07) is 8.96. The van der Waals surface area contributed by atoms with E-state index in [9.17, 15) is 0 Å². The second-order valence-corrected chi connectivity index (χ2v) is 5.39. The molecule has 1 atom stereocenters. The molecule has 1 aromatic carbocycles. The van der Waals surface area contributed by atoms with Gasteiger partial charge in [-0.15, -0.1) is 0 Å². The highest BCUT2D eigenvalue weighted by atomic mass is 16.5. The quantitative estimate of drug-likeness (QED) is 0.848. The van der Waals surface area contributed by atoms with Crippen LogP contribution < -0.4 is 5.73 Å². The Bertz CT molecular complexity index is 340. The van der Waals surface area contributed by atoms with Crippen LogP contribution in [0.2, 0.25) is 0 Å². The van der Waals surface area contributed by atoms with Gasteiger partial charge in [0, 0.05) is 5.92 Å². The van der Waals surface area contributed by atoms with Gasteiger partial charge in [0.15, 0.2) is 0 Å². The van der Waals surface area contributed by atoms with Crippen molar-refractivity contribution >= 4 is 0 Å². The zero-order valence-corrected chi connectivity index (χ0v) is 10.9. The minimum Gasteiger partial charge on any atom is -0.381 e. The second-order valence-electron chi connectivity index (χ2n) is 5.39. The smallest absolute Gasteiger partial charge is 0.0516 e. The van der Waals surface area contributed by atoms with Crippen molar-refractivity contribution in [1.82, 2.24) is 0 Å². The molecule has 1 fully saturated rings. The third-order valence-electron chi connectivity index (χ3n) is 3.68. The molecule has 0 aromatic heterocycles. The van der Waals surface area contributed by atoms with Crippen LogP contribution in [-0.2, 0) is 4.74 Å². The molecule has 0 bridgehead atoms. The van der Waals surface area contributed by atoms with Gasteiger partial charge in [-0.2, -0.15) is 0 Å². The lowest BCUT2D eigenvalue weighted by Crippen LogP contribution is -2.30. The Balaban J connectivity index is 2.02. The number of nitrogens with two attached hydrogens (primary N) is 1. The van der Waals surface area contributed by atoms with E-state index in [0.29, 0.717) is 17.8 Å². The van der Waals surface area contributed by atoms with E-state index >= 15 is 0 Å². The highest BCUT2D eigenvalue weighted by Crippen LogP contribution is 2.28. The molecule has 0 amide bonds. The van der Waals surface area contributed by atoms with Crippen LogP contribution in [0.5, 0.6) is 0 Å². The zero-order chi connectivity index (χ0) is 12.3. The van der Waals surface area contributed by atoms with E-state index in [4.69, 9.17) is 10.5 Å². The molecule has 2 N–H and O–H groups in total. The van der Waals surface area contributed by atoms with Crippen LogP contribution in [0.4, 0.5) is 0 Å². The van der Waals surface area contributed by atoms with Crippen molar-refractivity contribution in [3.05, 3.63) is 35.4 Å². The molecule has 0 radical (unpaired) electrons. The van der Waals surface area contributed by atoms with Gasteiger partial charge < -0.3 is 10.5 Å². The van der Waals surface area contributed by atoms with Crippen molar-refractivity contribution in [2.75, 3.05) is 19.8 Å². The Morgan fingerprint density at radius 1 is 1.18 bits per heavy atom. The molecule has 2 rings (SSSR count). The summed E-state index contributed by atoms with van der Waals surface area (Å²) in [5.41, 5.74) is 8.67. The third-order valence-corrected chi connectivity index (χ3v) is 3.68. The number of hydrogen-bond acceptors (Lipinski definition) is 2. The summed E-state index contributed by atoms with van der Waals surface area (Å²) in [5, 5.41) is 0. The number of rotatable bonds is 5. The molecule has 0 spiro atoms. The average molecular weight is 233 g/mol. The molecule has 1 aliphatic rings. The van der Waals surface area contributed by atoms with Crippen molar-refractivity contribution in [3.8, 4) is 0 Å². The van der Waals surface area contributed by atoms with Crippen molar-refractivity contribution in [3.63, 3.8) is 0 Å². The molecule has 94 valence electrons. The van der Waals surface area contributed by atoms with E-state index in [1.54, 1.807) is 0 Å². The number of ether oxygens (including phenoxy) is 1. The summed E-state index contributed by atoms with van der Waals surface area (Å²) in [6.45, 7) is 7.01. The van der Waals surface area contributed by atoms with Crippen LogP contribution in [0.15, 0.2) is 24.3 Å². The molecule has 17 heavy (non-hydrogen) atoms. The summed E-state index contributed by atoms with van der Waals surface area (Å²) in [5.74, 6) is 1.80. The standard InChI is InChI=1S/C15H23NO/c1-11(2)13-3-5-14(6-4-13)15(8-16)7-12-9-17-10-12/h3-6,11-12,15H,7-10,16H2,1-2H3. The molecular formula is C15H23NO. The van der Waals surface area contributed by atoms with Gasteiger partial charge in [0.25, 0.3) is 0 Å². The first-order valence-corrected chi connectivity index (χ1v) is 6.58. The first-order valence-electron chi connectivity index (χ1n) is 6.58. The van der Waals surface area contributed by atoms with Gasteiger partial charge in [0.1, 0.15) is 0 Å². The fourth-order valence-corrected chi connectivity index (χ4v) is 2.34. The highest BCUT2D eigenvalue weighted by Gasteiger charge is 2.23. The largest absolute Gasteiger partial charge is 0.381 e. The van der Waals surface area contributed by atoms with Crippen molar-refractivity contribution < 1.29 is 4.74 Å². The van der Waals surface area contributed by atoms with E-state index in [2.05, 4.69) is 38.1 Å². The first kappa shape index (κ1) is 12.6. The summed E-state index contributed by atoms with van der Waals surface area (Å²) in [6.07, 6.45) is 1.16. The maximum Gasteiger partial charge on any atom is 0.0516 e. The molecule has 1 saturated heterocycles. The lowest BCUT2D eigenvalue weighted by atomic mass is 9.87. The molecule has 0 aliphatic carbocycles. The van der Waals surface area contributed by atoms with E-state index in [0.717, 1.165) is 26.2 Å².